The number of hydrogen-bond acceptors (Lipinski definition) is 2. The topological polar surface area (TPSA) is 40.5 Å². The summed E-state index contributed by atoms with van der Waals surface area (Å²) in [7, 11) is 0. The number of phenols is 2. The minimum atomic E-state index is -0.286. The first-order valence-corrected chi connectivity index (χ1v) is 13.5. The van der Waals surface area contributed by atoms with E-state index in [0.29, 0.717) is 17.4 Å². The summed E-state index contributed by atoms with van der Waals surface area (Å²) in [4.78, 5) is 0. The molecule has 0 spiro atoms. The van der Waals surface area contributed by atoms with Crippen LogP contribution in [0.5, 0.6) is 11.5 Å². The van der Waals surface area contributed by atoms with Gasteiger partial charge >= 0.3 is 0 Å². The summed E-state index contributed by atoms with van der Waals surface area (Å²) in [5.41, 5.74) is 7.94. The fourth-order valence-electron chi connectivity index (χ4n) is 5.03. The largest absolute Gasteiger partial charge is 0.507 e. The van der Waals surface area contributed by atoms with E-state index in [-0.39, 0.29) is 16.7 Å². The van der Waals surface area contributed by atoms with Crippen molar-refractivity contribution in [2.24, 2.45) is 0 Å². The van der Waals surface area contributed by atoms with Crippen molar-refractivity contribution in [3.8, 4) is 11.5 Å². The lowest BCUT2D eigenvalue weighted by Gasteiger charge is -2.30. The minimum absolute atomic E-state index is 0.208. The van der Waals surface area contributed by atoms with Crippen LogP contribution in [-0.2, 0) is 23.7 Å². The Hall–Kier alpha value is -2.74. The monoisotopic (exact) mass is 486 g/mol. The van der Waals surface area contributed by atoms with Gasteiger partial charge in [0.05, 0.1) is 0 Å². The summed E-state index contributed by atoms with van der Waals surface area (Å²) in [6.07, 6.45) is 1.76. The van der Waals surface area contributed by atoms with E-state index in [4.69, 9.17) is 0 Å². The molecule has 0 saturated carbocycles. The first-order valence-electron chi connectivity index (χ1n) is 13.5. The zero-order valence-corrected chi connectivity index (χ0v) is 24.1. The lowest BCUT2D eigenvalue weighted by molar-refractivity contribution is 0.431. The summed E-state index contributed by atoms with van der Waals surface area (Å²) < 4.78 is 0. The molecule has 0 saturated heterocycles. The lowest BCUT2D eigenvalue weighted by Crippen LogP contribution is -2.16. The summed E-state index contributed by atoms with van der Waals surface area (Å²) in [6.45, 7) is 21.6. The van der Waals surface area contributed by atoms with Crippen LogP contribution in [0.15, 0.2) is 48.5 Å². The predicted molar refractivity (Wildman–Crippen MR) is 154 cm³/mol. The molecule has 0 fully saturated rings. The molecule has 0 aliphatic rings. The van der Waals surface area contributed by atoms with Crippen LogP contribution in [-0.4, -0.2) is 10.2 Å². The van der Waals surface area contributed by atoms with Crippen molar-refractivity contribution in [3.05, 3.63) is 93.0 Å². The highest BCUT2D eigenvalue weighted by Gasteiger charge is 2.31. The van der Waals surface area contributed by atoms with E-state index in [1.807, 2.05) is 0 Å². The smallest absolute Gasteiger partial charge is 0.123 e. The van der Waals surface area contributed by atoms with Crippen LogP contribution >= 0.6 is 0 Å². The van der Waals surface area contributed by atoms with Crippen LogP contribution in [0, 0.1) is 0 Å². The second-order valence-electron chi connectivity index (χ2n) is 12.6. The third kappa shape index (κ3) is 5.64. The van der Waals surface area contributed by atoms with Gasteiger partial charge in [-0.2, -0.15) is 0 Å². The molecule has 2 nitrogen and oxygen atoms in total. The number of hydrogen-bond donors (Lipinski definition) is 2. The van der Waals surface area contributed by atoms with Crippen LogP contribution in [0.25, 0.3) is 0 Å². The molecule has 0 aliphatic heterocycles. The molecule has 2 N–H and O–H groups in total. The fraction of sp³-hybridized carbons (Fsp3) is 0.471. The molecule has 3 aromatic rings. The van der Waals surface area contributed by atoms with Gasteiger partial charge in [0.2, 0.25) is 0 Å². The van der Waals surface area contributed by atoms with Crippen LogP contribution in [0.2, 0.25) is 0 Å². The van der Waals surface area contributed by atoms with Crippen molar-refractivity contribution in [1.29, 1.82) is 0 Å². The second kappa shape index (κ2) is 10.3. The molecule has 194 valence electrons. The lowest BCUT2D eigenvalue weighted by atomic mass is 9.75. The molecule has 0 unspecified atom stereocenters. The third-order valence-corrected chi connectivity index (χ3v) is 7.39. The van der Waals surface area contributed by atoms with Crippen molar-refractivity contribution < 1.29 is 10.2 Å². The molecule has 0 amide bonds. The standard InChI is InChI=1S/C34H46O2/c1-11-22-17-26(31(35)28(19-22)33(5,6)7)30(25-15-13-24(14-16-25)21(3)4)27-18-23(12-2)20-29(32(27)36)34(8,9)10/h13-21,30,35-36H,11-12H2,1-10H3. The van der Waals surface area contributed by atoms with E-state index in [9.17, 15) is 10.2 Å². The molecule has 3 rings (SSSR count). The Bertz CT molecular complexity index is 1130. The maximum atomic E-state index is 11.7. The first-order chi connectivity index (χ1) is 16.7. The highest BCUT2D eigenvalue weighted by atomic mass is 16.3. The molecule has 36 heavy (non-hydrogen) atoms. The van der Waals surface area contributed by atoms with Crippen LogP contribution in [0.3, 0.4) is 0 Å². The molecular weight excluding hydrogens is 440 g/mol. The van der Waals surface area contributed by atoms with Crippen molar-refractivity contribution in [1.82, 2.24) is 0 Å². The van der Waals surface area contributed by atoms with Gasteiger partial charge in [-0.25, -0.2) is 0 Å². The molecular formula is C34H46O2. The molecule has 0 radical (unpaired) electrons. The number of aromatic hydroxyl groups is 2. The highest BCUT2D eigenvalue weighted by molar-refractivity contribution is 5.60. The van der Waals surface area contributed by atoms with E-state index < -0.39 is 0 Å². The van der Waals surface area contributed by atoms with Gasteiger partial charge in [0.1, 0.15) is 11.5 Å². The van der Waals surface area contributed by atoms with Crippen molar-refractivity contribution in [2.45, 2.75) is 105 Å². The van der Waals surface area contributed by atoms with E-state index in [1.165, 1.54) is 16.7 Å². The number of rotatable bonds is 6. The third-order valence-electron chi connectivity index (χ3n) is 7.39. The van der Waals surface area contributed by atoms with E-state index in [1.54, 1.807) is 0 Å². The van der Waals surface area contributed by atoms with Gasteiger partial charge in [0, 0.05) is 17.0 Å². The number of aryl methyl sites for hydroxylation is 2. The van der Waals surface area contributed by atoms with Gasteiger partial charge in [0.15, 0.2) is 0 Å². The Morgan fingerprint density at radius 1 is 0.611 bits per heavy atom. The Balaban J connectivity index is 2.44. The predicted octanol–water partition coefficient (Wildman–Crippen LogP) is 9.12. The van der Waals surface area contributed by atoms with Gasteiger partial charge < -0.3 is 10.2 Å². The molecule has 0 heterocycles. The van der Waals surface area contributed by atoms with E-state index >= 15 is 0 Å². The van der Waals surface area contributed by atoms with Crippen LogP contribution in [0.1, 0.15) is 126 Å². The summed E-state index contributed by atoms with van der Waals surface area (Å²) >= 11 is 0. The molecule has 0 bridgehead atoms. The van der Waals surface area contributed by atoms with Crippen LogP contribution < -0.4 is 0 Å². The average molecular weight is 487 g/mol. The highest BCUT2D eigenvalue weighted by Crippen LogP contribution is 2.47. The van der Waals surface area contributed by atoms with Crippen molar-refractivity contribution >= 4 is 0 Å². The first kappa shape index (κ1) is 27.8. The molecule has 3 aromatic carbocycles. The molecule has 0 aromatic heterocycles. The Kier molecular flexibility index (Phi) is 7.98. The van der Waals surface area contributed by atoms with Crippen molar-refractivity contribution in [2.75, 3.05) is 0 Å². The summed E-state index contributed by atoms with van der Waals surface area (Å²) in [5.74, 6) is 0.810. The van der Waals surface area contributed by atoms with Crippen LogP contribution in [0.4, 0.5) is 0 Å². The Morgan fingerprint density at radius 2 is 0.972 bits per heavy atom. The number of phenolic OH excluding ortho intramolecular Hbond substituents is 2. The second-order valence-corrected chi connectivity index (χ2v) is 12.6. The van der Waals surface area contributed by atoms with E-state index in [0.717, 1.165) is 40.7 Å². The van der Waals surface area contributed by atoms with Gasteiger partial charge in [-0.3, -0.25) is 0 Å². The van der Waals surface area contributed by atoms with Gasteiger partial charge in [-0.15, -0.1) is 0 Å². The quantitative estimate of drug-likeness (QED) is 0.341. The molecule has 0 aliphatic carbocycles. The SMILES string of the molecule is CCc1cc(C(c2ccc(C(C)C)cc2)c2cc(CC)cc(C(C)(C)C)c2O)c(O)c(C(C)(C)C)c1. The summed E-state index contributed by atoms with van der Waals surface area (Å²) in [5, 5.41) is 23.5. The van der Waals surface area contributed by atoms with Crippen molar-refractivity contribution in [3.63, 3.8) is 0 Å². The minimum Gasteiger partial charge on any atom is -0.507 e. The maximum absolute atomic E-state index is 11.7. The Morgan fingerprint density at radius 3 is 1.28 bits per heavy atom. The fourth-order valence-corrected chi connectivity index (χ4v) is 5.03. The molecule has 0 atom stereocenters. The average Bonchev–Trinajstić information content (AvgIpc) is 2.80. The van der Waals surface area contributed by atoms with Gasteiger partial charge in [-0.1, -0.05) is 118 Å². The zero-order chi connectivity index (χ0) is 27.0. The number of benzene rings is 3. The summed E-state index contributed by atoms with van der Waals surface area (Å²) in [6, 6.07) is 17.3. The normalized spacial score (nSPS) is 12.6. The molecule has 2 heteroatoms. The zero-order valence-electron chi connectivity index (χ0n) is 24.1. The maximum Gasteiger partial charge on any atom is 0.123 e. The Labute approximate surface area is 219 Å². The van der Waals surface area contributed by atoms with E-state index in [2.05, 4.69) is 118 Å². The van der Waals surface area contributed by atoms with Gasteiger partial charge in [-0.05, 0) is 63.0 Å². The van der Waals surface area contributed by atoms with Gasteiger partial charge in [0.25, 0.3) is 0 Å².